The molecule has 1 aromatic rings. The summed E-state index contributed by atoms with van der Waals surface area (Å²) in [4.78, 5) is 17.5. The second-order valence-corrected chi connectivity index (χ2v) is 8.69. The van der Waals surface area contributed by atoms with Crippen LogP contribution >= 0.6 is 0 Å². The van der Waals surface area contributed by atoms with Crippen LogP contribution in [0.15, 0.2) is 24.3 Å². The molecule has 5 nitrogen and oxygen atoms in total. The number of carbonyl (C=O) groups excluding carboxylic acids is 1. The number of rotatable bonds is 3. The van der Waals surface area contributed by atoms with Gasteiger partial charge >= 0.3 is 0 Å². The van der Waals surface area contributed by atoms with Gasteiger partial charge in [-0.05, 0) is 52.7 Å². The predicted octanol–water partition coefficient (Wildman–Crippen LogP) is 3.33. The van der Waals surface area contributed by atoms with Crippen molar-refractivity contribution in [2.75, 3.05) is 38.3 Å². The highest BCUT2D eigenvalue weighted by atomic mass is 16.5. The van der Waals surface area contributed by atoms with E-state index >= 15 is 0 Å². The van der Waals surface area contributed by atoms with Crippen LogP contribution in [0.25, 0.3) is 0 Å². The fraction of sp³-hybridized carbons (Fsp3) is 0.667. The average molecular weight is 360 g/mol. The topological polar surface area (TPSA) is 42.0 Å². The summed E-state index contributed by atoms with van der Waals surface area (Å²) in [6.45, 7) is 11.5. The van der Waals surface area contributed by atoms with E-state index in [2.05, 4.69) is 43.6 Å². The predicted molar refractivity (Wildman–Crippen MR) is 104 cm³/mol. The van der Waals surface area contributed by atoms with Gasteiger partial charge in [0.1, 0.15) is 5.75 Å². The van der Waals surface area contributed by atoms with Crippen LogP contribution in [0.2, 0.25) is 0 Å². The fourth-order valence-electron chi connectivity index (χ4n) is 4.34. The third-order valence-electron chi connectivity index (χ3n) is 5.64. The molecular formula is C21H32N2O3. The molecular weight excluding hydrogens is 328 g/mol. The van der Waals surface area contributed by atoms with Gasteiger partial charge in [-0.3, -0.25) is 4.79 Å². The number of hydrogen-bond acceptors (Lipinski definition) is 4. The molecule has 5 heteroatoms. The van der Waals surface area contributed by atoms with Gasteiger partial charge in [0.2, 0.25) is 5.91 Å². The maximum atomic E-state index is 13.1. The minimum atomic E-state index is -0.201. The van der Waals surface area contributed by atoms with Crippen molar-refractivity contribution < 1.29 is 14.3 Å². The highest BCUT2D eigenvalue weighted by Crippen LogP contribution is 2.36. The largest absolute Gasteiger partial charge is 0.495 e. The molecule has 2 heterocycles. The van der Waals surface area contributed by atoms with Gasteiger partial charge in [0, 0.05) is 32.2 Å². The van der Waals surface area contributed by atoms with Crippen LogP contribution in [0.3, 0.4) is 0 Å². The van der Waals surface area contributed by atoms with E-state index in [-0.39, 0.29) is 23.0 Å². The van der Waals surface area contributed by atoms with E-state index in [0.717, 1.165) is 43.9 Å². The van der Waals surface area contributed by atoms with Crippen LogP contribution in [0, 0.1) is 5.92 Å². The van der Waals surface area contributed by atoms with Gasteiger partial charge in [0.05, 0.1) is 23.9 Å². The summed E-state index contributed by atoms with van der Waals surface area (Å²) in [6.07, 6.45) is 1.63. The normalized spacial score (nSPS) is 25.0. The van der Waals surface area contributed by atoms with Gasteiger partial charge in [-0.2, -0.15) is 0 Å². The van der Waals surface area contributed by atoms with Crippen molar-refractivity contribution in [3.8, 4) is 5.75 Å². The Kier molecular flexibility index (Phi) is 5.20. The van der Waals surface area contributed by atoms with Crippen LogP contribution < -0.4 is 9.64 Å². The molecule has 0 saturated carbocycles. The van der Waals surface area contributed by atoms with E-state index in [0.29, 0.717) is 6.61 Å². The molecule has 0 aromatic heterocycles. The number of methoxy groups -OCH3 is 1. The molecule has 0 spiro atoms. The first-order valence-corrected chi connectivity index (χ1v) is 9.57. The second-order valence-electron chi connectivity index (χ2n) is 8.69. The van der Waals surface area contributed by atoms with E-state index in [9.17, 15) is 4.79 Å². The lowest BCUT2D eigenvalue weighted by atomic mass is 9.86. The number of benzene rings is 1. The monoisotopic (exact) mass is 360 g/mol. The molecule has 0 bridgehead atoms. The van der Waals surface area contributed by atoms with Gasteiger partial charge in [0.25, 0.3) is 0 Å². The Morgan fingerprint density at radius 2 is 1.92 bits per heavy atom. The zero-order chi connectivity index (χ0) is 18.9. The van der Waals surface area contributed by atoms with Crippen LogP contribution in [0.1, 0.15) is 40.5 Å². The number of nitrogens with zero attached hydrogens (tertiary/aromatic N) is 2. The summed E-state index contributed by atoms with van der Waals surface area (Å²) in [5, 5.41) is 0. The highest BCUT2D eigenvalue weighted by Gasteiger charge is 2.40. The van der Waals surface area contributed by atoms with Crippen molar-refractivity contribution in [3.63, 3.8) is 0 Å². The molecule has 1 aromatic carbocycles. The van der Waals surface area contributed by atoms with E-state index in [1.807, 2.05) is 18.2 Å². The molecule has 0 radical (unpaired) electrons. The molecule has 2 aliphatic heterocycles. The SMILES string of the molecule is COc1ccccc1N1CCN(C(=O)[C@@H]2CCOC(C)(C)C2)CC1(C)C. The summed E-state index contributed by atoms with van der Waals surface area (Å²) in [6, 6.07) is 8.11. The van der Waals surface area contributed by atoms with Crippen LogP contribution in [-0.4, -0.2) is 55.3 Å². The first-order valence-electron chi connectivity index (χ1n) is 9.57. The Hall–Kier alpha value is -1.75. The summed E-state index contributed by atoms with van der Waals surface area (Å²) in [5.74, 6) is 1.24. The van der Waals surface area contributed by atoms with Crippen LogP contribution in [0.5, 0.6) is 5.75 Å². The molecule has 2 aliphatic rings. The molecule has 0 unspecified atom stereocenters. The number of carbonyl (C=O) groups is 1. The Morgan fingerprint density at radius 3 is 2.58 bits per heavy atom. The molecule has 3 rings (SSSR count). The van der Waals surface area contributed by atoms with Gasteiger partial charge in [-0.25, -0.2) is 0 Å². The van der Waals surface area contributed by atoms with Crippen molar-refractivity contribution in [1.29, 1.82) is 0 Å². The first kappa shape index (κ1) is 19.0. The van der Waals surface area contributed by atoms with Gasteiger partial charge in [-0.1, -0.05) is 12.1 Å². The van der Waals surface area contributed by atoms with Crippen LogP contribution in [0.4, 0.5) is 5.69 Å². The lowest BCUT2D eigenvalue weighted by Gasteiger charge is -2.49. The highest BCUT2D eigenvalue weighted by molar-refractivity contribution is 5.79. The Morgan fingerprint density at radius 1 is 1.19 bits per heavy atom. The number of piperazine rings is 1. The van der Waals surface area contributed by atoms with Crippen molar-refractivity contribution in [2.45, 2.75) is 51.7 Å². The van der Waals surface area contributed by atoms with Crippen LogP contribution in [-0.2, 0) is 9.53 Å². The van der Waals surface area contributed by atoms with Crippen molar-refractivity contribution >= 4 is 11.6 Å². The number of para-hydroxylation sites is 2. The molecule has 144 valence electrons. The minimum absolute atomic E-state index is 0.0763. The maximum absolute atomic E-state index is 13.1. The molecule has 0 aliphatic carbocycles. The zero-order valence-electron chi connectivity index (χ0n) is 16.7. The summed E-state index contributed by atoms with van der Waals surface area (Å²) < 4.78 is 11.3. The lowest BCUT2D eigenvalue weighted by Crippen LogP contribution is -2.62. The fourth-order valence-corrected chi connectivity index (χ4v) is 4.34. The molecule has 1 atom stereocenters. The second kappa shape index (κ2) is 7.10. The third-order valence-corrected chi connectivity index (χ3v) is 5.64. The number of anilines is 1. The van der Waals surface area contributed by atoms with E-state index in [1.54, 1.807) is 7.11 Å². The van der Waals surface area contributed by atoms with Crippen molar-refractivity contribution in [1.82, 2.24) is 4.90 Å². The Balaban J connectivity index is 1.73. The Labute approximate surface area is 157 Å². The average Bonchev–Trinajstić information content (AvgIpc) is 2.59. The third kappa shape index (κ3) is 3.83. The molecule has 0 N–H and O–H groups in total. The molecule has 1 amide bonds. The lowest BCUT2D eigenvalue weighted by molar-refractivity contribution is -0.146. The number of hydrogen-bond donors (Lipinski definition) is 0. The minimum Gasteiger partial charge on any atom is -0.495 e. The summed E-state index contributed by atoms with van der Waals surface area (Å²) in [5.41, 5.74) is 0.746. The Bertz CT molecular complexity index is 656. The zero-order valence-corrected chi connectivity index (χ0v) is 16.7. The smallest absolute Gasteiger partial charge is 0.226 e. The summed E-state index contributed by atoms with van der Waals surface area (Å²) >= 11 is 0. The molecule has 2 fully saturated rings. The quantitative estimate of drug-likeness (QED) is 0.829. The van der Waals surface area contributed by atoms with E-state index in [4.69, 9.17) is 9.47 Å². The van der Waals surface area contributed by atoms with E-state index < -0.39 is 0 Å². The van der Waals surface area contributed by atoms with E-state index in [1.165, 1.54) is 0 Å². The standard InChI is InChI=1S/C21H32N2O3/c1-20(2)15-22(19(24)16-10-13-26-21(3,4)14-16)11-12-23(20)17-8-6-7-9-18(17)25-5/h6-9,16H,10-15H2,1-5H3/t16-/m1/s1. The van der Waals surface area contributed by atoms with Crippen molar-refractivity contribution in [3.05, 3.63) is 24.3 Å². The van der Waals surface area contributed by atoms with Gasteiger partial charge < -0.3 is 19.3 Å². The number of amides is 1. The van der Waals surface area contributed by atoms with Crippen molar-refractivity contribution in [2.24, 2.45) is 5.92 Å². The van der Waals surface area contributed by atoms with Gasteiger partial charge in [-0.15, -0.1) is 0 Å². The van der Waals surface area contributed by atoms with Gasteiger partial charge in [0.15, 0.2) is 0 Å². The summed E-state index contributed by atoms with van der Waals surface area (Å²) in [7, 11) is 1.71. The molecule has 26 heavy (non-hydrogen) atoms. The molecule has 2 saturated heterocycles. The maximum Gasteiger partial charge on any atom is 0.226 e. The first-order chi connectivity index (χ1) is 12.2. The number of ether oxygens (including phenoxy) is 2.